The molecule has 3 atom stereocenters. The Bertz CT molecular complexity index is 794. The monoisotopic (exact) mass is 580 g/mol. The molecule has 0 radical (unpaired) electrons. The minimum atomic E-state index is -8.06. The Hall–Kier alpha value is -1.80. The summed E-state index contributed by atoms with van der Waals surface area (Å²) in [5.74, 6) is -26.4. The molecule has 0 rings (SSSR count). The molecule has 0 aliphatic heterocycles. The van der Waals surface area contributed by atoms with Gasteiger partial charge in [0.1, 0.15) is 6.10 Å². The molecule has 4 nitrogen and oxygen atoms in total. The van der Waals surface area contributed by atoms with Crippen LogP contribution in [0, 0.1) is 5.41 Å². The van der Waals surface area contributed by atoms with Gasteiger partial charge in [0, 0.05) is 0 Å². The number of halogens is 17. The number of carbonyl (C=O) groups is 1. The highest BCUT2D eigenvalue weighted by atomic mass is 19.4. The molecule has 0 saturated heterocycles. The van der Waals surface area contributed by atoms with Crippen LogP contribution < -0.4 is 0 Å². The maximum absolute atomic E-state index is 14.3. The van der Waals surface area contributed by atoms with E-state index in [1.807, 2.05) is 4.74 Å². The predicted molar refractivity (Wildman–Crippen MR) is 77.9 cm³/mol. The van der Waals surface area contributed by atoms with Gasteiger partial charge in [-0.3, -0.25) is 9.47 Å². The van der Waals surface area contributed by atoms with Crippen molar-refractivity contribution in [2.75, 3.05) is 0 Å². The Kier molecular flexibility index (Phi) is 8.73. The Morgan fingerprint density at radius 3 is 1.25 bits per heavy atom. The normalized spacial score (nSPS) is 19.4. The van der Waals surface area contributed by atoms with E-state index in [4.69, 9.17) is 0 Å². The topological polar surface area (TPSA) is 44.8 Å². The van der Waals surface area contributed by atoms with E-state index < -0.39 is 65.9 Å². The molecular formula is C15H13F17O4. The summed E-state index contributed by atoms with van der Waals surface area (Å²) in [6.45, 7) is 3.90. The van der Waals surface area contributed by atoms with Gasteiger partial charge in [-0.1, -0.05) is 20.8 Å². The van der Waals surface area contributed by atoms with E-state index in [1.165, 1.54) is 4.74 Å². The standard InChI is InChI=1S/C15H13F17O4/c1-5(7(2,3)4)34-6(33)8(16,11(20,21)22)35-15(31,32)10(19,13(26,27)28)36-14(29,30)9(17,18)12(23,24)25/h5H,1-4H3/t5-,8-,10+/m0/s1. The Balaban J connectivity index is 6.78. The Morgan fingerprint density at radius 2 is 0.972 bits per heavy atom. The zero-order valence-corrected chi connectivity index (χ0v) is 17.6. The molecular weight excluding hydrogens is 567 g/mol. The molecule has 36 heavy (non-hydrogen) atoms. The first-order chi connectivity index (χ1) is 15.2. The third-order valence-electron chi connectivity index (χ3n) is 4.13. The molecule has 216 valence electrons. The van der Waals surface area contributed by atoms with Gasteiger partial charge in [0.2, 0.25) is 0 Å². The summed E-state index contributed by atoms with van der Waals surface area (Å²) >= 11 is 0. The zero-order valence-electron chi connectivity index (χ0n) is 17.6. The van der Waals surface area contributed by atoms with E-state index in [0.717, 1.165) is 20.8 Å². The van der Waals surface area contributed by atoms with Crippen LogP contribution in [0.1, 0.15) is 27.7 Å². The summed E-state index contributed by atoms with van der Waals surface area (Å²) < 4.78 is 229. The minimum absolute atomic E-state index is 0.685. The molecule has 0 saturated carbocycles. The fourth-order valence-electron chi connectivity index (χ4n) is 1.56. The molecule has 0 spiro atoms. The van der Waals surface area contributed by atoms with Crippen LogP contribution in [-0.4, -0.2) is 60.5 Å². The van der Waals surface area contributed by atoms with Gasteiger partial charge in [-0.25, -0.2) is 4.79 Å². The average molecular weight is 580 g/mol. The lowest BCUT2D eigenvalue weighted by Crippen LogP contribution is -2.68. The van der Waals surface area contributed by atoms with Crippen molar-refractivity contribution in [3.05, 3.63) is 0 Å². The molecule has 0 heterocycles. The molecule has 0 unspecified atom stereocenters. The van der Waals surface area contributed by atoms with Crippen LogP contribution in [-0.2, 0) is 19.0 Å². The molecule has 0 N–H and O–H groups in total. The van der Waals surface area contributed by atoms with Crippen LogP contribution in [0.4, 0.5) is 74.6 Å². The third kappa shape index (κ3) is 6.18. The number of hydrogen-bond acceptors (Lipinski definition) is 4. The van der Waals surface area contributed by atoms with Gasteiger partial charge in [0.05, 0.1) is 0 Å². The molecule has 0 aromatic rings. The highest BCUT2D eigenvalue weighted by Gasteiger charge is 2.85. The Labute approximate surface area is 188 Å². The lowest BCUT2D eigenvalue weighted by molar-refractivity contribution is -0.548. The SMILES string of the molecule is C[C@H](OC(=O)[C@](F)(OC(F)(F)[C@](F)(OC(F)(F)C(F)(F)C(F)(F)F)C(F)(F)F)C(F)(F)F)C(C)(C)C. The predicted octanol–water partition coefficient (Wildman–Crippen LogP) is 6.84. The highest BCUT2D eigenvalue weighted by molar-refractivity contribution is 5.79. The number of rotatable bonds is 8. The van der Waals surface area contributed by atoms with Crippen molar-refractivity contribution in [2.24, 2.45) is 5.41 Å². The van der Waals surface area contributed by atoms with E-state index in [-0.39, 0.29) is 0 Å². The quantitative estimate of drug-likeness (QED) is 0.233. The molecule has 21 heteroatoms. The van der Waals surface area contributed by atoms with Crippen molar-refractivity contribution >= 4 is 5.97 Å². The number of esters is 1. The van der Waals surface area contributed by atoms with Gasteiger partial charge < -0.3 is 4.74 Å². The van der Waals surface area contributed by atoms with Crippen molar-refractivity contribution in [2.45, 2.75) is 82.2 Å². The largest absolute Gasteiger partial charge is 0.462 e. The summed E-state index contributed by atoms with van der Waals surface area (Å²) in [4.78, 5) is 11.6. The molecule has 0 aromatic carbocycles. The lowest BCUT2D eigenvalue weighted by Gasteiger charge is -2.40. The molecule has 0 amide bonds. The summed E-state index contributed by atoms with van der Waals surface area (Å²) in [6.07, 6.45) is -40.5. The molecule has 0 aliphatic rings. The number of alkyl halides is 17. The first-order valence-electron chi connectivity index (χ1n) is 8.54. The van der Waals surface area contributed by atoms with Crippen LogP contribution in [0.15, 0.2) is 0 Å². The fourth-order valence-corrected chi connectivity index (χ4v) is 1.56. The van der Waals surface area contributed by atoms with E-state index in [2.05, 4.69) is 4.74 Å². The van der Waals surface area contributed by atoms with Crippen molar-refractivity contribution in [3.63, 3.8) is 0 Å². The molecule has 0 aromatic heterocycles. The first-order valence-corrected chi connectivity index (χ1v) is 8.54. The van der Waals surface area contributed by atoms with Crippen LogP contribution in [0.2, 0.25) is 0 Å². The summed E-state index contributed by atoms with van der Waals surface area (Å²) in [6, 6.07) is 0. The van der Waals surface area contributed by atoms with Gasteiger partial charge in [0.25, 0.3) is 0 Å². The fraction of sp³-hybridized carbons (Fsp3) is 0.933. The molecule has 0 fully saturated rings. The van der Waals surface area contributed by atoms with E-state index in [9.17, 15) is 79.4 Å². The maximum Gasteiger partial charge on any atom is 0.462 e. The molecule has 0 aliphatic carbocycles. The van der Waals surface area contributed by atoms with Gasteiger partial charge in [-0.15, -0.1) is 0 Å². The van der Waals surface area contributed by atoms with Crippen LogP contribution in [0.25, 0.3) is 0 Å². The van der Waals surface area contributed by atoms with Gasteiger partial charge >= 0.3 is 54.3 Å². The van der Waals surface area contributed by atoms with E-state index in [1.54, 1.807) is 0 Å². The second-order valence-corrected chi connectivity index (χ2v) is 7.91. The smallest absolute Gasteiger partial charge is 0.458 e. The number of carbonyl (C=O) groups excluding carboxylic acids is 1. The van der Waals surface area contributed by atoms with Crippen LogP contribution in [0.3, 0.4) is 0 Å². The van der Waals surface area contributed by atoms with Crippen molar-refractivity contribution in [1.82, 2.24) is 0 Å². The van der Waals surface area contributed by atoms with Crippen LogP contribution >= 0.6 is 0 Å². The minimum Gasteiger partial charge on any atom is -0.458 e. The maximum atomic E-state index is 14.3. The summed E-state index contributed by atoms with van der Waals surface area (Å²) in [5, 5.41) is 0. The van der Waals surface area contributed by atoms with E-state index >= 15 is 0 Å². The summed E-state index contributed by atoms with van der Waals surface area (Å²) in [5.41, 5.74) is -1.44. The average Bonchev–Trinajstić information content (AvgIpc) is 2.56. The first kappa shape index (κ1) is 34.2. The number of ether oxygens (including phenoxy) is 3. The van der Waals surface area contributed by atoms with Gasteiger partial charge in [0.15, 0.2) is 0 Å². The molecule has 0 bridgehead atoms. The second-order valence-electron chi connectivity index (χ2n) is 7.91. The van der Waals surface area contributed by atoms with E-state index in [0.29, 0.717) is 6.92 Å². The highest BCUT2D eigenvalue weighted by Crippen LogP contribution is 2.56. The Morgan fingerprint density at radius 1 is 0.583 bits per heavy atom. The van der Waals surface area contributed by atoms with Crippen molar-refractivity contribution in [3.8, 4) is 0 Å². The summed E-state index contributed by atoms with van der Waals surface area (Å²) in [7, 11) is 0. The second kappa shape index (κ2) is 9.19. The van der Waals surface area contributed by atoms with Gasteiger partial charge in [-0.05, 0) is 12.3 Å². The van der Waals surface area contributed by atoms with Crippen molar-refractivity contribution in [1.29, 1.82) is 0 Å². The van der Waals surface area contributed by atoms with Crippen LogP contribution in [0.5, 0.6) is 0 Å². The third-order valence-corrected chi connectivity index (χ3v) is 4.13. The van der Waals surface area contributed by atoms with Crippen molar-refractivity contribution < 1.29 is 93.6 Å². The van der Waals surface area contributed by atoms with Gasteiger partial charge in [-0.2, -0.15) is 74.6 Å². The zero-order chi connectivity index (χ0) is 29.8. The lowest BCUT2D eigenvalue weighted by atomic mass is 9.90. The number of hydrogen-bond donors (Lipinski definition) is 0.